The molecule has 0 aliphatic rings. The summed E-state index contributed by atoms with van der Waals surface area (Å²) >= 11 is 0. The summed E-state index contributed by atoms with van der Waals surface area (Å²) in [6.07, 6.45) is 7.49. The third-order valence-electron chi connectivity index (χ3n) is 2.36. The molecule has 2 rings (SSSR count). The molecule has 19 heavy (non-hydrogen) atoms. The molecule has 0 saturated carbocycles. The van der Waals surface area contributed by atoms with Crippen LogP contribution in [0.25, 0.3) is 5.65 Å². The van der Waals surface area contributed by atoms with Gasteiger partial charge in [0.05, 0.1) is 13.3 Å². The van der Waals surface area contributed by atoms with Gasteiger partial charge in [0.2, 0.25) is 0 Å². The Kier molecular flexibility index (Phi) is 3.87. The van der Waals surface area contributed by atoms with E-state index in [0.29, 0.717) is 11.2 Å². The fourth-order valence-electron chi connectivity index (χ4n) is 1.46. The van der Waals surface area contributed by atoms with E-state index in [1.807, 2.05) is 0 Å². The second-order valence-corrected chi connectivity index (χ2v) is 3.58. The summed E-state index contributed by atoms with van der Waals surface area (Å²) in [5, 5.41) is 6.64. The van der Waals surface area contributed by atoms with Crippen LogP contribution < -0.4 is 5.32 Å². The molecule has 0 spiro atoms. The zero-order valence-corrected chi connectivity index (χ0v) is 10.2. The van der Waals surface area contributed by atoms with Crippen molar-refractivity contribution in [2.75, 3.05) is 13.7 Å². The summed E-state index contributed by atoms with van der Waals surface area (Å²) in [5.74, 6) is -0.768. The second-order valence-electron chi connectivity index (χ2n) is 3.58. The molecule has 0 aliphatic carbocycles. The molecule has 7 heteroatoms. The molecule has 1 N–H and O–H groups in total. The highest BCUT2D eigenvalue weighted by Gasteiger charge is 2.12. The molecule has 2 aromatic rings. The van der Waals surface area contributed by atoms with Crippen LogP contribution in [0.2, 0.25) is 0 Å². The number of hydrogen-bond acceptors (Lipinski definition) is 5. The quantitative estimate of drug-likeness (QED) is 0.626. The number of nitrogens with zero attached hydrogens (tertiary/aromatic N) is 3. The van der Waals surface area contributed by atoms with Crippen molar-refractivity contribution in [3.63, 3.8) is 0 Å². The number of carbonyl (C=O) groups excluding carboxylic acids is 2. The minimum Gasteiger partial charge on any atom is -0.466 e. The lowest BCUT2D eigenvalue weighted by atomic mass is 10.3. The van der Waals surface area contributed by atoms with Gasteiger partial charge in [-0.2, -0.15) is 5.10 Å². The molecule has 98 valence electrons. The number of ether oxygens (including phenoxy) is 1. The van der Waals surface area contributed by atoms with Crippen LogP contribution in [0.3, 0.4) is 0 Å². The van der Waals surface area contributed by atoms with Gasteiger partial charge in [-0.15, -0.1) is 0 Å². The van der Waals surface area contributed by atoms with E-state index < -0.39 is 5.97 Å². The van der Waals surface area contributed by atoms with E-state index in [9.17, 15) is 9.59 Å². The number of hydrogen-bond donors (Lipinski definition) is 1. The van der Waals surface area contributed by atoms with Gasteiger partial charge in [0.25, 0.3) is 5.91 Å². The zero-order valence-electron chi connectivity index (χ0n) is 10.2. The molecular weight excluding hydrogens is 248 g/mol. The average Bonchev–Trinajstić information content (AvgIpc) is 2.87. The minimum absolute atomic E-state index is 0.220. The monoisotopic (exact) mass is 260 g/mol. The summed E-state index contributed by atoms with van der Waals surface area (Å²) in [6.45, 7) is 0.220. The first-order valence-electron chi connectivity index (χ1n) is 5.53. The molecule has 2 heterocycles. The third kappa shape index (κ3) is 2.95. The van der Waals surface area contributed by atoms with E-state index >= 15 is 0 Å². The Morgan fingerprint density at radius 2 is 2.37 bits per heavy atom. The van der Waals surface area contributed by atoms with Crippen LogP contribution in [0.4, 0.5) is 0 Å². The Morgan fingerprint density at radius 1 is 1.53 bits per heavy atom. The normalized spacial score (nSPS) is 10.8. The maximum atomic E-state index is 11.9. The maximum absolute atomic E-state index is 11.9. The number of fused-ring (bicyclic) bond motifs is 1. The van der Waals surface area contributed by atoms with E-state index in [2.05, 4.69) is 20.1 Å². The van der Waals surface area contributed by atoms with Gasteiger partial charge in [0, 0.05) is 25.0 Å². The first-order valence-corrected chi connectivity index (χ1v) is 5.53. The SMILES string of the molecule is COC(=O)/C=C/CNC(=O)c1cnn2cccnc12. The average molecular weight is 260 g/mol. The molecule has 0 aliphatic heterocycles. The molecule has 7 nitrogen and oxygen atoms in total. The topological polar surface area (TPSA) is 85.6 Å². The van der Waals surface area contributed by atoms with Crippen LogP contribution in [0.1, 0.15) is 10.4 Å². The van der Waals surface area contributed by atoms with Crippen molar-refractivity contribution in [3.05, 3.63) is 42.4 Å². The van der Waals surface area contributed by atoms with Crippen LogP contribution in [-0.4, -0.2) is 40.1 Å². The van der Waals surface area contributed by atoms with Gasteiger partial charge in [0.1, 0.15) is 5.56 Å². The van der Waals surface area contributed by atoms with E-state index in [1.165, 1.54) is 30.0 Å². The Bertz CT molecular complexity index is 633. The number of amides is 1. The van der Waals surface area contributed by atoms with Crippen molar-refractivity contribution in [3.8, 4) is 0 Å². The molecule has 0 saturated heterocycles. The van der Waals surface area contributed by atoms with Gasteiger partial charge in [-0.25, -0.2) is 14.3 Å². The molecule has 0 fully saturated rings. The predicted octanol–water partition coefficient (Wildman–Crippen LogP) is 0.188. The highest BCUT2D eigenvalue weighted by molar-refractivity contribution is 5.99. The first-order chi connectivity index (χ1) is 9.22. The molecule has 0 unspecified atom stereocenters. The Morgan fingerprint density at radius 3 is 3.16 bits per heavy atom. The molecule has 2 aromatic heterocycles. The van der Waals surface area contributed by atoms with E-state index in [0.717, 1.165) is 0 Å². The van der Waals surface area contributed by atoms with Crippen LogP contribution >= 0.6 is 0 Å². The van der Waals surface area contributed by atoms with Crippen LogP contribution in [-0.2, 0) is 9.53 Å². The molecule has 0 radical (unpaired) electrons. The molecule has 0 atom stereocenters. The summed E-state index contributed by atoms with van der Waals surface area (Å²) in [5.41, 5.74) is 0.865. The van der Waals surface area contributed by atoms with Gasteiger partial charge in [-0.05, 0) is 6.07 Å². The third-order valence-corrected chi connectivity index (χ3v) is 2.36. The van der Waals surface area contributed by atoms with Crippen LogP contribution in [0, 0.1) is 0 Å². The molecular formula is C12H12N4O3. The fraction of sp³-hybridized carbons (Fsp3) is 0.167. The van der Waals surface area contributed by atoms with Gasteiger partial charge in [0.15, 0.2) is 5.65 Å². The van der Waals surface area contributed by atoms with Crippen molar-refractivity contribution in [2.24, 2.45) is 0 Å². The van der Waals surface area contributed by atoms with E-state index in [-0.39, 0.29) is 12.5 Å². The summed E-state index contributed by atoms with van der Waals surface area (Å²) in [4.78, 5) is 26.8. The summed E-state index contributed by atoms with van der Waals surface area (Å²) < 4.78 is 5.94. The highest BCUT2D eigenvalue weighted by atomic mass is 16.5. The van der Waals surface area contributed by atoms with Gasteiger partial charge in [-0.1, -0.05) is 6.08 Å². The second kappa shape index (κ2) is 5.76. The molecule has 0 aromatic carbocycles. The number of methoxy groups -OCH3 is 1. The summed E-state index contributed by atoms with van der Waals surface area (Å²) in [7, 11) is 1.29. The lowest BCUT2D eigenvalue weighted by Crippen LogP contribution is -2.23. The fourth-order valence-corrected chi connectivity index (χ4v) is 1.46. The number of carbonyl (C=O) groups is 2. The largest absolute Gasteiger partial charge is 0.466 e. The Balaban J connectivity index is 2.01. The number of esters is 1. The highest BCUT2D eigenvalue weighted by Crippen LogP contribution is 2.06. The molecule has 1 amide bonds. The van der Waals surface area contributed by atoms with Gasteiger partial charge >= 0.3 is 5.97 Å². The Hall–Kier alpha value is -2.70. The van der Waals surface area contributed by atoms with E-state index in [1.54, 1.807) is 18.5 Å². The minimum atomic E-state index is -0.466. The number of aromatic nitrogens is 3. The van der Waals surface area contributed by atoms with Crippen molar-refractivity contribution in [2.45, 2.75) is 0 Å². The van der Waals surface area contributed by atoms with Crippen LogP contribution in [0.15, 0.2) is 36.8 Å². The lowest BCUT2D eigenvalue weighted by molar-refractivity contribution is -0.134. The maximum Gasteiger partial charge on any atom is 0.330 e. The van der Waals surface area contributed by atoms with Crippen LogP contribution in [0.5, 0.6) is 0 Å². The summed E-state index contributed by atoms with van der Waals surface area (Å²) in [6, 6.07) is 1.72. The zero-order chi connectivity index (χ0) is 13.7. The number of rotatable bonds is 4. The van der Waals surface area contributed by atoms with Crippen molar-refractivity contribution in [1.82, 2.24) is 19.9 Å². The smallest absolute Gasteiger partial charge is 0.330 e. The van der Waals surface area contributed by atoms with Crippen molar-refractivity contribution in [1.29, 1.82) is 0 Å². The van der Waals surface area contributed by atoms with E-state index in [4.69, 9.17) is 0 Å². The standard InChI is InChI=1S/C12H12N4O3/c1-19-10(17)4-2-5-14-12(18)9-8-15-16-7-3-6-13-11(9)16/h2-4,6-8H,5H2,1H3,(H,14,18)/b4-2+. The molecule has 0 bridgehead atoms. The van der Waals surface area contributed by atoms with Gasteiger partial charge in [-0.3, -0.25) is 4.79 Å². The first kappa shape index (κ1) is 12.7. The van der Waals surface area contributed by atoms with Crippen molar-refractivity contribution >= 4 is 17.5 Å². The lowest BCUT2D eigenvalue weighted by Gasteiger charge is -1.99. The Labute approximate surface area is 108 Å². The van der Waals surface area contributed by atoms with Gasteiger partial charge < -0.3 is 10.1 Å². The van der Waals surface area contributed by atoms with Crippen molar-refractivity contribution < 1.29 is 14.3 Å². The predicted molar refractivity (Wildman–Crippen MR) is 66.5 cm³/mol. The number of nitrogens with one attached hydrogen (secondary N) is 1.